The van der Waals surface area contributed by atoms with E-state index in [4.69, 9.17) is 4.74 Å². The Hall–Kier alpha value is -1.88. The third-order valence-corrected chi connectivity index (χ3v) is 3.65. The van der Waals surface area contributed by atoms with E-state index in [1.807, 2.05) is 37.3 Å². The van der Waals surface area contributed by atoms with Crippen LogP contribution in [0.1, 0.15) is 38.7 Å². The van der Waals surface area contributed by atoms with Crippen molar-refractivity contribution in [2.45, 2.75) is 45.7 Å². The van der Waals surface area contributed by atoms with Crippen LogP contribution in [0.3, 0.4) is 0 Å². The van der Waals surface area contributed by atoms with Gasteiger partial charge in [-0.25, -0.2) is 0 Å². The highest BCUT2D eigenvalue weighted by Crippen LogP contribution is 2.11. The van der Waals surface area contributed by atoms with Crippen molar-refractivity contribution in [2.75, 3.05) is 20.3 Å². The lowest BCUT2D eigenvalue weighted by molar-refractivity contribution is -0.140. The van der Waals surface area contributed by atoms with Crippen LogP contribution in [-0.4, -0.2) is 43.0 Å². The molecule has 0 fully saturated rings. The number of carbonyl (C=O) groups is 2. The van der Waals surface area contributed by atoms with Crippen molar-refractivity contribution in [2.24, 2.45) is 0 Å². The molecule has 0 aliphatic carbocycles. The first-order valence-corrected chi connectivity index (χ1v) is 8.20. The molecule has 0 unspecified atom stereocenters. The number of hydrogen-bond donors (Lipinski definition) is 1. The van der Waals surface area contributed by atoms with Gasteiger partial charge < -0.3 is 15.0 Å². The van der Waals surface area contributed by atoms with Crippen LogP contribution >= 0.6 is 0 Å². The Labute approximate surface area is 139 Å². The summed E-state index contributed by atoms with van der Waals surface area (Å²) in [5, 5.41) is 2.87. The molecular weight excluding hydrogens is 292 g/mol. The van der Waals surface area contributed by atoms with Crippen molar-refractivity contribution in [3.8, 4) is 0 Å². The lowest BCUT2D eigenvalue weighted by Crippen LogP contribution is -2.47. The third kappa shape index (κ3) is 6.82. The topological polar surface area (TPSA) is 58.6 Å². The molecule has 0 radical (unpaired) electrons. The van der Waals surface area contributed by atoms with Crippen molar-refractivity contribution in [1.82, 2.24) is 10.2 Å². The standard InChI is InChI=1S/C18H28N2O3/c1-4-9-17(21)20(14-16-10-6-5-7-11-16)15(2)18(22)19-12-8-13-23-3/h5-7,10-11,15H,4,8-9,12-14H2,1-3H3,(H,19,22)/t15-/m0/s1. The molecule has 1 aromatic carbocycles. The van der Waals surface area contributed by atoms with E-state index in [1.165, 1.54) is 0 Å². The largest absolute Gasteiger partial charge is 0.385 e. The average Bonchev–Trinajstić information content (AvgIpc) is 2.57. The molecule has 0 aliphatic heterocycles. The molecule has 0 aromatic heterocycles. The predicted octanol–water partition coefficient (Wildman–Crippen LogP) is 2.36. The fourth-order valence-electron chi connectivity index (χ4n) is 2.30. The first-order valence-electron chi connectivity index (χ1n) is 8.20. The van der Waals surface area contributed by atoms with Crippen LogP contribution in [0.2, 0.25) is 0 Å². The molecule has 0 aliphatic rings. The number of benzene rings is 1. The van der Waals surface area contributed by atoms with Gasteiger partial charge in [0.1, 0.15) is 6.04 Å². The predicted molar refractivity (Wildman–Crippen MR) is 90.9 cm³/mol. The van der Waals surface area contributed by atoms with Gasteiger partial charge in [-0.15, -0.1) is 0 Å². The Morgan fingerprint density at radius 2 is 1.96 bits per heavy atom. The second-order valence-electron chi connectivity index (χ2n) is 5.57. The van der Waals surface area contributed by atoms with Crippen LogP contribution in [0.5, 0.6) is 0 Å². The summed E-state index contributed by atoms with van der Waals surface area (Å²) in [6.07, 6.45) is 1.98. The maximum absolute atomic E-state index is 12.4. The van der Waals surface area contributed by atoms with E-state index in [0.717, 1.165) is 18.4 Å². The fraction of sp³-hybridized carbons (Fsp3) is 0.556. The van der Waals surface area contributed by atoms with Crippen molar-refractivity contribution in [1.29, 1.82) is 0 Å². The minimum atomic E-state index is -0.489. The van der Waals surface area contributed by atoms with Crippen LogP contribution in [0.4, 0.5) is 0 Å². The second-order valence-corrected chi connectivity index (χ2v) is 5.57. The van der Waals surface area contributed by atoms with Crippen molar-refractivity contribution >= 4 is 11.8 Å². The van der Waals surface area contributed by atoms with Gasteiger partial charge in [-0.2, -0.15) is 0 Å². The molecule has 0 saturated heterocycles. The van der Waals surface area contributed by atoms with Crippen LogP contribution in [0.25, 0.3) is 0 Å². The SMILES string of the molecule is CCCC(=O)N(Cc1ccccc1)[C@@H](C)C(=O)NCCCOC. The Morgan fingerprint density at radius 1 is 1.26 bits per heavy atom. The monoisotopic (exact) mass is 320 g/mol. The van der Waals surface area contributed by atoms with Gasteiger partial charge in [0.25, 0.3) is 0 Å². The number of hydrogen-bond acceptors (Lipinski definition) is 3. The normalized spacial score (nSPS) is 11.8. The summed E-state index contributed by atoms with van der Waals surface area (Å²) in [7, 11) is 1.63. The molecule has 5 nitrogen and oxygen atoms in total. The highest BCUT2D eigenvalue weighted by molar-refractivity contribution is 5.87. The van der Waals surface area contributed by atoms with E-state index in [-0.39, 0.29) is 11.8 Å². The number of ether oxygens (including phenoxy) is 1. The molecule has 1 N–H and O–H groups in total. The van der Waals surface area contributed by atoms with E-state index in [1.54, 1.807) is 18.9 Å². The minimum Gasteiger partial charge on any atom is -0.385 e. The molecule has 1 rings (SSSR count). The molecule has 2 amide bonds. The van der Waals surface area contributed by atoms with Crippen LogP contribution in [0, 0.1) is 0 Å². The van der Waals surface area contributed by atoms with Gasteiger partial charge in [0.05, 0.1) is 0 Å². The number of carbonyl (C=O) groups excluding carboxylic acids is 2. The maximum atomic E-state index is 12.4. The Kier molecular flexibility index (Phi) is 8.98. The van der Waals surface area contributed by atoms with E-state index >= 15 is 0 Å². The van der Waals surface area contributed by atoms with Crippen molar-refractivity contribution in [3.05, 3.63) is 35.9 Å². The van der Waals surface area contributed by atoms with Gasteiger partial charge in [0, 0.05) is 33.2 Å². The Balaban J connectivity index is 2.70. The zero-order chi connectivity index (χ0) is 17.1. The van der Waals surface area contributed by atoms with E-state index in [2.05, 4.69) is 5.32 Å². The van der Waals surface area contributed by atoms with E-state index in [9.17, 15) is 9.59 Å². The van der Waals surface area contributed by atoms with Crippen molar-refractivity contribution in [3.63, 3.8) is 0 Å². The van der Waals surface area contributed by atoms with Gasteiger partial charge in [-0.3, -0.25) is 9.59 Å². The molecule has 0 saturated carbocycles. The molecule has 23 heavy (non-hydrogen) atoms. The number of nitrogens with one attached hydrogen (secondary N) is 1. The quantitative estimate of drug-likeness (QED) is 0.673. The Morgan fingerprint density at radius 3 is 2.57 bits per heavy atom. The molecule has 1 aromatic rings. The molecule has 128 valence electrons. The maximum Gasteiger partial charge on any atom is 0.242 e. The minimum absolute atomic E-state index is 0.0101. The smallest absolute Gasteiger partial charge is 0.242 e. The second kappa shape index (κ2) is 10.8. The van der Waals surface area contributed by atoms with E-state index < -0.39 is 6.04 Å². The molecule has 1 atom stereocenters. The lowest BCUT2D eigenvalue weighted by atomic mass is 10.1. The Bertz CT molecular complexity index is 476. The number of rotatable bonds is 10. The van der Waals surface area contributed by atoms with Gasteiger partial charge >= 0.3 is 0 Å². The first kappa shape index (κ1) is 19.2. The summed E-state index contributed by atoms with van der Waals surface area (Å²) in [5.41, 5.74) is 1.02. The summed E-state index contributed by atoms with van der Waals surface area (Å²) in [6, 6.07) is 9.26. The molecule has 0 spiro atoms. The van der Waals surface area contributed by atoms with Gasteiger partial charge in [-0.1, -0.05) is 37.3 Å². The summed E-state index contributed by atoms with van der Waals surface area (Å²) in [6.45, 7) is 5.36. The van der Waals surface area contributed by atoms with Gasteiger partial charge in [0.15, 0.2) is 0 Å². The van der Waals surface area contributed by atoms with Crippen LogP contribution < -0.4 is 5.32 Å². The summed E-state index contributed by atoms with van der Waals surface area (Å²) in [5.74, 6) is -0.114. The summed E-state index contributed by atoms with van der Waals surface area (Å²) >= 11 is 0. The highest BCUT2D eigenvalue weighted by Gasteiger charge is 2.25. The molecule has 5 heteroatoms. The van der Waals surface area contributed by atoms with Crippen LogP contribution in [-0.2, 0) is 20.9 Å². The lowest BCUT2D eigenvalue weighted by Gasteiger charge is -2.28. The van der Waals surface area contributed by atoms with Gasteiger partial charge in [0.2, 0.25) is 11.8 Å². The van der Waals surface area contributed by atoms with Crippen molar-refractivity contribution < 1.29 is 14.3 Å². The average molecular weight is 320 g/mol. The molecule has 0 bridgehead atoms. The number of nitrogens with zero attached hydrogens (tertiary/aromatic N) is 1. The number of methoxy groups -OCH3 is 1. The first-order chi connectivity index (χ1) is 11.1. The van der Waals surface area contributed by atoms with E-state index in [0.29, 0.717) is 26.1 Å². The van der Waals surface area contributed by atoms with Crippen LogP contribution in [0.15, 0.2) is 30.3 Å². The number of amides is 2. The zero-order valence-corrected chi connectivity index (χ0v) is 14.4. The fourth-order valence-corrected chi connectivity index (χ4v) is 2.30. The third-order valence-electron chi connectivity index (χ3n) is 3.65. The summed E-state index contributed by atoms with van der Waals surface area (Å²) < 4.78 is 4.96. The molecular formula is C18H28N2O3. The highest BCUT2D eigenvalue weighted by atomic mass is 16.5. The van der Waals surface area contributed by atoms with Gasteiger partial charge in [-0.05, 0) is 25.3 Å². The molecule has 0 heterocycles. The summed E-state index contributed by atoms with van der Waals surface area (Å²) in [4.78, 5) is 26.4. The zero-order valence-electron chi connectivity index (χ0n) is 14.4.